The Labute approximate surface area is 156 Å². The Bertz CT molecular complexity index is 708. The van der Waals surface area contributed by atoms with Gasteiger partial charge in [-0.3, -0.25) is 4.79 Å². The number of rotatable bonds is 5. The van der Waals surface area contributed by atoms with Gasteiger partial charge < -0.3 is 14.6 Å². The van der Waals surface area contributed by atoms with Crippen LogP contribution in [0, 0.1) is 12.8 Å². The monoisotopic (exact) mass is 355 g/mol. The SMILES string of the molecule is Cc1ccc([C@@H](CC(=O)N[C@@H]2C[C@H](C)[NH+](C)C[C@@H]2C)c2ccco2)cc1. The lowest BCUT2D eigenvalue weighted by Gasteiger charge is -2.37. The molecule has 0 saturated carbocycles. The Hall–Kier alpha value is -2.07. The van der Waals surface area contributed by atoms with Crippen LogP contribution in [0.3, 0.4) is 0 Å². The van der Waals surface area contributed by atoms with Gasteiger partial charge in [-0.15, -0.1) is 0 Å². The van der Waals surface area contributed by atoms with Gasteiger partial charge in [0, 0.05) is 24.8 Å². The van der Waals surface area contributed by atoms with Crippen molar-refractivity contribution in [1.82, 2.24) is 5.32 Å². The molecule has 5 atom stereocenters. The number of piperidine rings is 1. The number of furan rings is 1. The summed E-state index contributed by atoms with van der Waals surface area (Å²) in [4.78, 5) is 14.4. The second kappa shape index (κ2) is 8.09. The van der Waals surface area contributed by atoms with E-state index >= 15 is 0 Å². The van der Waals surface area contributed by atoms with E-state index in [9.17, 15) is 4.79 Å². The molecule has 140 valence electrons. The molecule has 2 aromatic rings. The summed E-state index contributed by atoms with van der Waals surface area (Å²) >= 11 is 0. The Morgan fingerprint density at radius 2 is 2.00 bits per heavy atom. The molecular formula is C22H31N2O2+. The van der Waals surface area contributed by atoms with E-state index in [2.05, 4.69) is 57.4 Å². The van der Waals surface area contributed by atoms with E-state index in [-0.39, 0.29) is 17.9 Å². The quantitative estimate of drug-likeness (QED) is 0.866. The van der Waals surface area contributed by atoms with Gasteiger partial charge in [-0.25, -0.2) is 0 Å². The highest BCUT2D eigenvalue weighted by Crippen LogP contribution is 2.29. The van der Waals surface area contributed by atoms with Gasteiger partial charge in [0.25, 0.3) is 0 Å². The van der Waals surface area contributed by atoms with E-state index in [1.807, 2.05) is 12.1 Å². The predicted molar refractivity (Wildman–Crippen MR) is 103 cm³/mol. The van der Waals surface area contributed by atoms with E-state index in [4.69, 9.17) is 4.42 Å². The van der Waals surface area contributed by atoms with Crippen molar-refractivity contribution in [3.05, 3.63) is 59.5 Å². The maximum atomic E-state index is 12.8. The molecule has 1 fully saturated rings. The smallest absolute Gasteiger partial charge is 0.221 e. The fourth-order valence-electron chi connectivity index (χ4n) is 3.99. The number of hydrogen-bond acceptors (Lipinski definition) is 2. The highest BCUT2D eigenvalue weighted by molar-refractivity contribution is 5.77. The van der Waals surface area contributed by atoms with Gasteiger partial charge in [0.2, 0.25) is 5.91 Å². The van der Waals surface area contributed by atoms with Crippen LogP contribution in [0.4, 0.5) is 0 Å². The number of carbonyl (C=O) groups is 1. The van der Waals surface area contributed by atoms with Gasteiger partial charge in [0.05, 0.1) is 31.8 Å². The second-order valence-corrected chi connectivity index (χ2v) is 8.02. The van der Waals surface area contributed by atoms with E-state index < -0.39 is 0 Å². The number of benzene rings is 1. The summed E-state index contributed by atoms with van der Waals surface area (Å²) in [6, 6.07) is 13.1. The summed E-state index contributed by atoms with van der Waals surface area (Å²) in [6.45, 7) is 7.68. The first kappa shape index (κ1) is 18.7. The zero-order valence-corrected chi connectivity index (χ0v) is 16.3. The summed E-state index contributed by atoms with van der Waals surface area (Å²) in [5.74, 6) is 1.40. The third kappa shape index (κ3) is 4.36. The van der Waals surface area contributed by atoms with E-state index in [1.165, 1.54) is 5.56 Å². The molecule has 1 aliphatic heterocycles. The van der Waals surface area contributed by atoms with Crippen LogP contribution in [0.25, 0.3) is 0 Å². The molecule has 1 aliphatic rings. The molecule has 3 rings (SSSR count). The lowest BCUT2D eigenvalue weighted by Crippen LogP contribution is -3.15. The Balaban J connectivity index is 1.71. The van der Waals surface area contributed by atoms with E-state index in [1.54, 1.807) is 11.2 Å². The number of carbonyl (C=O) groups excluding carboxylic acids is 1. The van der Waals surface area contributed by atoms with Crippen molar-refractivity contribution in [3.63, 3.8) is 0 Å². The molecule has 4 nitrogen and oxygen atoms in total. The normalized spacial score (nSPS) is 27.1. The van der Waals surface area contributed by atoms with Crippen LogP contribution in [-0.4, -0.2) is 31.6 Å². The van der Waals surface area contributed by atoms with Crippen LogP contribution >= 0.6 is 0 Å². The third-order valence-corrected chi connectivity index (χ3v) is 5.88. The van der Waals surface area contributed by atoms with Crippen LogP contribution in [0.5, 0.6) is 0 Å². The molecule has 0 spiro atoms. The summed E-state index contributed by atoms with van der Waals surface area (Å²) in [5.41, 5.74) is 2.34. The molecule has 0 bridgehead atoms. The second-order valence-electron chi connectivity index (χ2n) is 8.02. The van der Waals surface area contributed by atoms with Crippen molar-refractivity contribution >= 4 is 5.91 Å². The summed E-state index contributed by atoms with van der Waals surface area (Å²) < 4.78 is 5.64. The minimum atomic E-state index is -0.0461. The van der Waals surface area contributed by atoms with Crippen LogP contribution in [0.15, 0.2) is 47.1 Å². The molecule has 0 aliphatic carbocycles. The minimum Gasteiger partial charge on any atom is -0.469 e. The van der Waals surface area contributed by atoms with Crippen molar-refractivity contribution < 1.29 is 14.1 Å². The largest absolute Gasteiger partial charge is 0.469 e. The maximum Gasteiger partial charge on any atom is 0.221 e. The van der Waals surface area contributed by atoms with Crippen LogP contribution in [-0.2, 0) is 4.79 Å². The standard InChI is InChI=1S/C22H30N2O2/c1-15-7-9-18(10-8-15)19(21-6-5-11-26-21)13-22(25)23-20-12-17(3)24(4)14-16(20)2/h5-11,16-17,19-20H,12-14H2,1-4H3,(H,23,25)/p+1/t16-,17-,19+,20+/m0/s1. The first-order valence-electron chi connectivity index (χ1n) is 9.65. The molecule has 2 heterocycles. The van der Waals surface area contributed by atoms with Crippen molar-refractivity contribution in [1.29, 1.82) is 0 Å². The van der Waals surface area contributed by atoms with Crippen LogP contribution in [0.2, 0.25) is 0 Å². The molecule has 1 aromatic heterocycles. The molecule has 26 heavy (non-hydrogen) atoms. The topological polar surface area (TPSA) is 46.7 Å². The molecular weight excluding hydrogens is 324 g/mol. The molecule has 1 saturated heterocycles. The van der Waals surface area contributed by atoms with Gasteiger partial charge in [-0.1, -0.05) is 36.8 Å². The fourth-order valence-corrected chi connectivity index (χ4v) is 3.99. The number of aryl methyl sites for hydroxylation is 1. The van der Waals surface area contributed by atoms with Gasteiger partial charge in [-0.2, -0.15) is 0 Å². The predicted octanol–water partition coefficient (Wildman–Crippen LogP) is 2.54. The van der Waals surface area contributed by atoms with Crippen molar-refractivity contribution in [3.8, 4) is 0 Å². The van der Waals surface area contributed by atoms with Crippen molar-refractivity contribution in [2.45, 2.75) is 51.6 Å². The fraction of sp³-hybridized carbons (Fsp3) is 0.500. The molecule has 2 N–H and O–H groups in total. The minimum absolute atomic E-state index is 0.0461. The number of nitrogens with one attached hydrogen (secondary N) is 2. The zero-order valence-electron chi connectivity index (χ0n) is 16.3. The summed E-state index contributed by atoms with van der Waals surface area (Å²) in [6.07, 6.45) is 3.13. The zero-order chi connectivity index (χ0) is 18.7. The first-order chi connectivity index (χ1) is 12.4. The van der Waals surface area contributed by atoms with Crippen LogP contribution < -0.4 is 10.2 Å². The molecule has 1 aromatic carbocycles. The Kier molecular flexibility index (Phi) is 5.82. The van der Waals surface area contributed by atoms with Gasteiger partial charge in [0.1, 0.15) is 5.76 Å². The number of likely N-dealkylation sites (tertiary alicyclic amines) is 1. The Morgan fingerprint density at radius 1 is 1.27 bits per heavy atom. The Morgan fingerprint density at radius 3 is 2.65 bits per heavy atom. The summed E-state index contributed by atoms with van der Waals surface area (Å²) in [7, 11) is 2.24. The average Bonchev–Trinajstić information content (AvgIpc) is 3.13. The summed E-state index contributed by atoms with van der Waals surface area (Å²) in [5, 5.41) is 3.30. The third-order valence-electron chi connectivity index (χ3n) is 5.88. The number of amides is 1. The van der Waals surface area contributed by atoms with Gasteiger partial charge in [-0.05, 0) is 31.5 Å². The molecule has 1 amide bonds. The van der Waals surface area contributed by atoms with Crippen molar-refractivity contribution in [2.75, 3.05) is 13.6 Å². The average molecular weight is 356 g/mol. The van der Waals surface area contributed by atoms with Crippen molar-refractivity contribution in [2.24, 2.45) is 5.92 Å². The lowest BCUT2D eigenvalue weighted by molar-refractivity contribution is -0.913. The van der Waals surface area contributed by atoms with Crippen LogP contribution in [0.1, 0.15) is 49.5 Å². The highest BCUT2D eigenvalue weighted by atomic mass is 16.3. The highest BCUT2D eigenvalue weighted by Gasteiger charge is 2.33. The molecule has 1 unspecified atom stereocenters. The maximum absolute atomic E-state index is 12.8. The molecule has 4 heteroatoms. The lowest BCUT2D eigenvalue weighted by atomic mass is 9.88. The van der Waals surface area contributed by atoms with E-state index in [0.717, 1.165) is 24.3 Å². The number of hydrogen-bond donors (Lipinski definition) is 2. The van der Waals surface area contributed by atoms with E-state index in [0.29, 0.717) is 18.4 Å². The first-order valence-corrected chi connectivity index (χ1v) is 9.65. The van der Waals surface area contributed by atoms with Gasteiger partial charge >= 0.3 is 0 Å². The molecule has 0 radical (unpaired) electrons. The number of quaternary nitrogens is 1. The van der Waals surface area contributed by atoms with Gasteiger partial charge in [0.15, 0.2) is 0 Å².